The Morgan fingerprint density at radius 3 is 2.50 bits per heavy atom. The van der Waals surface area contributed by atoms with Crippen molar-refractivity contribution in [3.63, 3.8) is 0 Å². The van der Waals surface area contributed by atoms with Gasteiger partial charge in [-0.1, -0.05) is 66.2 Å². The van der Waals surface area contributed by atoms with Gasteiger partial charge in [-0.05, 0) is 102 Å². The first-order valence-electron chi connectivity index (χ1n) is 12.6. The van der Waals surface area contributed by atoms with Crippen LogP contribution in [0.4, 0.5) is 4.39 Å². The lowest BCUT2D eigenvalue weighted by Gasteiger charge is -2.39. The highest BCUT2D eigenvalue weighted by atomic mass is 35.5. The summed E-state index contributed by atoms with van der Waals surface area (Å²) in [5, 5.41) is 0.793. The van der Waals surface area contributed by atoms with Crippen LogP contribution in [0.2, 0.25) is 5.02 Å². The zero-order valence-electron chi connectivity index (χ0n) is 20.0. The van der Waals surface area contributed by atoms with Crippen molar-refractivity contribution in [3.8, 4) is 0 Å². The summed E-state index contributed by atoms with van der Waals surface area (Å²) in [6, 6.07) is 24.4. The molecule has 0 bridgehead atoms. The second kappa shape index (κ2) is 10.5. The lowest BCUT2D eigenvalue weighted by Crippen LogP contribution is -2.47. The van der Waals surface area contributed by atoms with Crippen LogP contribution in [0, 0.1) is 12.8 Å². The third-order valence-corrected chi connectivity index (χ3v) is 7.62. The lowest BCUT2D eigenvalue weighted by molar-refractivity contribution is 0.0968. The number of alkyl halides is 1. The Kier molecular flexibility index (Phi) is 7.18. The molecule has 1 heterocycles. The number of hydrogen-bond donors (Lipinski definition) is 0. The van der Waals surface area contributed by atoms with Crippen LogP contribution < -0.4 is 0 Å². The number of nitrogens with zero attached hydrogens (tertiary/aromatic N) is 1. The van der Waals surface area contributed by atoms with Crippen LogP contribution in [0.5, 0.6) is 0 Å². The average Bonchev–Trinajstić information content (AvgIpc) is 3.00. The largest absolute Gasteiger partial charge is 0.303 e. The molecule has 0 atom stereocenters. The van der Waals surface area contributed by atoms with Crippen LogP contribution in [0.25, 0.3) is 11.1 Å². The highest BCUT2D eigenvalue weighted by Gasteiger charge is 2.26. The molecule has 3 aromatic rings. The summed E-state index contributed by atoms with van der Waals surface area (Å²) in [5.41, 5.74) is 10.8. The molecule has 0 spiro atoms. The molecule has 2 aliphatic rings. The van der Waals surface area contributed by atoms with Gasteiger partial charge in [0.1, 0.15) is 0 Å². The van der Waals surface area contributed by atoms with Crippen molar-refractivity contribution in [2.45, 2.75) is 39.0 Å². The number of aryl methyl sites for hydroxylation is 2. The molecule has 34 heavy (non-hydrogen) atoms. The zero-order chi connectivity index (χ0) is 23.5. The second-order valence-corrected chi connectivity index (χ2v) is 10.3. The fourth-order valence-corrected chi connectivity index (χ4v) is 5.93. The van der Waals surface area contributed by atoms with Gasteiger partial charge in [-0.15, -0.1) is 0 Å². The molecule has 0 aromatic heterocycles. The predicted octanol–water partition coefficient (Wildman–Crippen LogP) is 7.78. The summed E-state index contributed by atoms with van der Waals surface area (Å²) >= 11 is 6.30. The molecule has 0 N–H and O–H groups in total. The number of allylic oxidation sites excluding steroid dienone is 1. The topological polar surface area (TPSA) is 3.24 Å². The quantitative estimate of drug-likeness (QED) is 0.338. The lowest BCUT2D eigenvalue weighted by atomic mass is 9.85. The Hall–Kier alpha value is -2.42. The van der Waals surface area contributed by atoms with Gasteiger partial charge in [0.05, 0.1) is 6.67 Å². The average molecular weight is 474 g/mol. The number of halogens is 2. The van der Waals surface area contributed by atoms with Gasteiger partial charge in [-0.25, -0.2) is 0 Å². The maximum absolute atomic E-state index is 12.4. The van der Waals surface area contributed by atoms with Crippen molar-refractivity contribution < 1.29 is 4.39 Å². The number of fused-ring (bicyclic) bond motifs is 1. The van der Waals surface area contributed by atoms with Gasteiger partial charge in [-0.3, -0.25) is 4.39 Å². The molecule has 1 nitrogen and oxygen atoms in total. The van der Waals surface area contributed by atoms with Gasteiger partial charge in [0.2, 0.25) is 0 Å². The molecule has 3 heteroatoms. The van der Waals surface area contributed by atoms with Gasteiger partial charge < -0.3 is 4.90 Å². The Labute approximate surface area is 208 Å². The molecule has 1 aliphatic carbocycles. The van der Waals surface area contributed by atoms with Gasteiger partial charge >= 0.3 is 0 Å². The maximum atomic E-state index is 12.4. The first kappa shape index (κ1) is 23.3. The number of rotatable bonds is 7. The van der Waals surface area contributed by atoms with E-state index in [2.05, 4.69) is 72.5 Å². The fourth-order valence-electron chi connectivity index (χ4n) is 5.70. The summed E-state index contributed by atoms with van der Waals surface area (Å²) in [5.74, 6) is 0.690. The van der Waals surface area contributed by atoms with Crippen LogP contribution in [-0.2, 0) is 12.8 Å². The SMILES string of the molecule is Cc1cc(Cl)ccc1C1=C(c2ccc(CC3CN(CCCF)C3)cc2)c2ccccc2CCC1. The Morgan fingerprint density at radius 1 is 0.941 bits per heavy atom. The molecule has 0 amide bonds. The van der Waals surface area contributed by atoms with Crippen molar-refractivity contribution in [1.82, 2.24) is 4.90 Å². The summed E-state index contributed by atoms with van der Waals surface area (Å²) in [6.07, 6.45) is 5.08. The first-order chi connectivity index (χ1) is 16.6. The second-order valence-electron chi connectivity index (χ2n) is 9.89. The third kappa shape index (κ3) is 4.99. The van der Waals surface area contributed by atoms with E-state index in [-0.39, 0.29) is 6.67 Å². The van der Waals surface area contributed by atoms with Crippen LogP contribution in [0.15, 0.2) is 66.7 Å². The van der Waals surface area contributed by atoms with Crippen molar-refractivity contribution in [3.05, 3.63) is 105 Å². The molecule has 0 unspecified atom stereocenters. The molecule has 176 valence electrons. The Balaban J connectivity index is 1.47. The van der Waals surface area contributed by atoms with Gasteiger partial charge in [0.25, 0.3) is 0 Å². The van der Waals surface area contributed by atoms with Gasteiger partial charge in [0.15, 0.2) is 0 Å². The molecule has 1 aliphatic heterocycles. The molecular weight excluding hydrogens is 441 g/mol. The van der Waals surface area contributed by atoms with Crippen molar-refractivity contribution >= 4 is 22.7 Å². The summed E-state index contributed by atoms with van der Waals surface area (Å²) < 4.78 is 12.4. The summed E-state index contributed by atoms with van der Waals surface area (Å²) in [4.78, 5) is 2.37. The zero-order valence-corrected chi connectivity index (χ0v) is 20.8. The van der Waals surface area contributed by atoms with E-state index >= 15 is 0 Å². The van der Waals surface area contributed by atoms with E-state index in [4.69, 9.17) is 11.6 Å². The maximum Gasteiger partial charge on any atom is 0.0906 e. The number of likely N-dealkylation sites (tertiary alicyclic amines) is 1. The minimum Gasteiger partial charge on any atom is -0.303 e. The summed E-state index contributed by atoms with van der Waals surface area (Å²) in [7, 11) is 0. The highest BCUT2D eigenvalue weighted by molar-refractivity contribution is 6.30. The highest BCUT2D eigenvalue weighted by Crippen LogP contribution is 2.41. The van der Waals surface area contributed by atoms with Crippen LogP contribution >= 0.6 is 11.6 Å². The predicted molar refractivity (Wildman–Crippen MR) is 142 cm³/mol. The molecule has 3 aromatic carbocycles. The van der Waals surface area contributed by atoms with Crippen LogP contribution in [0.1, 0.15) is 52.6 Å². The van der Waals surface area contributed by atoms with E-state index < -0.39 is 0 Å². The van der Waals surface area contributed by atoms with Crippen LogP contribution in [0.3, 0.4) is 0 Å². The van der Waals surface area contributed by atoms with E-state index in [9.17, 15) is 4.39 Å². The minimum atomic E-state index is -0.209. The molecule has 1 saturated heterocycles. The Morgan fingerprint density at radius 2 is 1.74 bits per heavy atom. The fraction of sp³-hybridized carbons (Fsp3) is 0.355. The molecule has 1 fully saturated rings. The first-order valence-corrected chi connectivity index (χ1v) is 13.0. The molecule has 5 rings (SSSR count). The normalized spacial score (nSPS) is 16.8. The molecular formula is C31H33ClFN. The van der Waals surface area contributed by atoms with E-state index in [1.807, 2.05) is 6.07 Å². The van der Waals surface area contributed by atoms with Crippen molar-refractivity contribution in [2.24, 2.45) is 5.92 Å². The smallest absolute Gasteiger partial charge is 0.0906 e. The van der Waals surface area contributed by atoms with Gasteiger partial charge in [0, 0.05) is 24.7 Å². The monoisotopic (exact) mass is 473 g/mol. The molecule has 0 radical (unpaired) electrons. The standard InChI is InChI=1S/C31H33ClFN/c1-22-18-27(32)14-15-28(22)30-9-4-7-25-6-2-3-8-29(25)31(30)26-12-10-23(11-13-26)19-24-20-34(21-24)17-5-16-33/h2-3,6,8,10-15,18,24H,4-5,7,9,16-17,19-21H2,1H3. The number of hydrogen-bond acceptors (Lipinski definition) is 1. The van der Waals surface area contributed by atoms with E-state index in [0.29, 0.717) is 12.3 Å². The van der Waals surface area contributed by atoms with E-state index in [0.717, 1.165) is 50.3 Å². The Bertz CT molecular complexity index is 1170. The van der Waals surface area contributed by atoms with E-state index in [1.165, 1.54) is 44.5 Å². The van der Waals surface area contributed by atoms with E-state index in [1.54, 1.807) is 0 Å². The summed E-state index contributed by atoms with van der Waals surface area (Å²) in [6.45, 7) is 5.05. The van der Waals surface area contributed by atoms with Gasteiger partial charge in [-0.2, -0.15) is 0 Å². The number of benzene rings is 3. The van der Waals surface area contributed by atoms with Crippen molar-refractivity contribution in [1.29, 1.82) is 0 Å². The third-order valence-electron chi connectivity index (χ3n) is 7.38. The van der Waals surface area contributed by atoms with Crippen molar-refractivity contribution in [2.75, 3.05) is 26.3 Å². The molecule has 0 saturated carbocycles. The van der Waals surface area contributed by atoms with Crippen LogP contribution in [-0.4, -0.2) is 31.2 Å². The minimum absolute atomic E-state index is 0.209.